The fourth-order valence-electron chi connectivity index (χ4n) is 1.88. The third-order valence-electron chi connectivity index (χ3n) is 3.04. The van der Waals surface area contributed by atoms with Crippen LogP contribution in [0.3, 0.4) is 0 Å². The van der Waals surface area contributed by atoms with Gasteiger partial charge < -0.3 is 14.8 Å². The number of para-hydroxylation sites is 1. The van der Waals surface area contributed by atoms with E-state index < -0.39 is 17.2 Å². The first-order valence-electron chi connectivity index (χ1n) is 7.19. The van der Waals surface area contributed by atoms with Crippen LogP contribution in [0.25, 0.3) is 5.69 Å². The Kier molecular flexibility index (Phi) is 4.49. The summed E-state index contributed by atoms with van der Waals surface area (Å²) in [5.74, 6) is 0. The number of hydrogen-bond donors (Lipinski definition) is 1. The molecule has 0 bridgehead atoms. The molecule has 0 radical (unpaired) electrons. The zero-order valence-corrected chi connectivity index (χ0v) is 13.6. The fourth-order valence-corrected chi connectivity index (χ4v) is 1.88. The van der Waals surface area contributed by atoms with Crippen LogP contribution in [-0.2, 0) is 15.1 Å². The molecule has 1 heterocycles. The number of carbonyl (C=O) groups excluding carboxylic acids is 2. The molecular formula is C16H20N4O3. The lowest BCUT2D eigenvalue weighted by atomic mass is 10.0. The Morgan fingerprint density at radius 3 is 2.43 bits per heavy atom. The average molecular weight is 316 g/mol. The van der Waals surface area contributed by atoms with Gasteiger partial charge in [0.05, 0.1) is 11.9 Å². The van der Waals surface area contributed by atoms with Gasteiger partial charge in [-0.15, -0.1) is 5.10 Å². The lowest BCUT2D eigenvalue weighted by Crippen LogP contribution is -2.47. The molecule has 1 atom stereocenters. The molecule has 0 aliphatic carbocycles. The van der Waals surface area contributed by atoms with E-state index >= 15 is 0 Å². The lowest BCUT2D eigenvalue weighted by molar-refractivity contribution is -0.113. The van der Waals surface area contributed by atoms with Crippen molar-refractivity contribution in [2.45, 2.75) is 38.8 Å². The van der Waals surface area contributed by atoms with Gasteiger partial charge in [0.25, 0.3) is 0 Å². The Hall–Kier alpha value is -2.70. The Labute approximate surface area is 134 Å². The maximum atomic E-state index is 11.9. The van der Waals surface area contributed by atoms with Crippen LogP contribution < -0.4 is 5.32 Å². The van der Waals surface area contributed by atoms with Crippen molar-refractivity contribution in [3.8, 4) is 5.69 Å². The van der Waals surface area contributed by atoms with Gasteiger partial charge in [-0.2, -0.15) is 0 Å². The Balaban J connectivity index is 2.22. The van der Waals surface area contributed by atoms with Crippen molar-refractivity contribution in [3.05, 3.63) is 42.2 Å². The fraction of sp³-hybridized carbons (Fsp3) is 0.375. The minimum absolute atomic E-state index is 0.321. The highest BCUT2D eigenvalue weighted by atomic mass is 16.6. The van der Waals surface area contributed by atoms with Crippen LogP contribution in [0.4, 0.5) is 4.79 Å². The summed E-state index contributed by atoms with van der Waals surface area (Å²) < 4.78 is 6.72. The summed E-state index contributed by atoms with van der Waals surface area (Å²) in [7, 11) is 0. The smallest absolute Gasteiger partial charge is 0.408 e. The maximum Gasteiger partial charge on any atom is 0.408 e. The van der Waals surface area contributed by atoms with Gasteiger partial charge in [0.2, 0.25) is 0 Å². The van der Waals surface area contributed by atoms with Crippen molar-refractivity contribution in [2.75, 3.05) is 0 Å². The molecule has 0 spiro atoms. The normalized spacial score (nSPS) is 13.9. The summed E-state index contributed by atoms with van der Waals surface area (Å²) in [5, 5.41) is 10.5. The highest BCUT2D eigenvalue weighted by Crippen LogP contribution is 2.18. The third kappa shape index (κ3) is 4.15. The van der Waals surface area contributed by atoms with E-state index in [0.29, 0.717) is 12.0 Å². The van der Waals surface area contributed by atoms with Crippen LogP contribution in [0.1, 0.15) is 33.4 Å². The lowest BCUT2D eigenvalue weighted by Gasteiger charge is -2.25. The number of aldehydes is 1. The topological polar surface area (TPSA) is 86.1 Å². The van der Waals surface area contributed by atoms with Crippen molar-refractivity contribution < 1.29 is 14.3 Å². The highest BCUT2D eigenvalue weighted by molar-refractivity contribution is 5.77. The Morgan fingerprint density at radius 2 is 1.87 bits per heavy atom. The van der Waals surface area contributed by atoms with E-state index in [1.807, 2.05) is 30.3 Å². The van der Waals surface area contributed by atoms with Gasteiger partial charge in [-0.1, -0.05) is 23.4 Å². The quantitative estimate of drug-likeness (QED) is 0.874. The van der Waals surface area contributed by atoms with E-state index in [1.165, 1.54) is 4.68 Å². The standard InChI is InChI=1S/C16H20N4O3/c1-15(2,3)23-14(22)17-16(4,11-21)13-10-20(19-18-13)12-8-6-5-7-9-12/h5-11H,1-4H3,(H,17,22). The number of aromatic nitrogens is 3. The second kappa shape index (κ2) is 6.20. The number of ether oxygens (including phenoxy) is 1. The minimum Gasteiger partial charge on any atom is -0.444 e. The molecular weight excluding hydrogens is 296 g/mol. The SMILES string of the molecule is CC(C)(C)OC(=O)NC(C)(C=O)c1cn(-c2ccccc2)nn1. The molecule has 2 aromatic rings. The van der Waals surface area contributed by atoms with Crippen molar-refractivity contribution in [1.82, 2.24) is 20.3 Å². The van der Waals surface area contributed by atoms with Gasteiger partial charge in [-0.3, -0.25) is 0 Å². The zero-order valence-electron chi connectivity index (χ0n) is 13.6. The number of hydrogen-bond acceptors (Lipinski definition) is 5. The average Bonchev–Trinajstić information content (AvgIpc) is 2.96. The predicted molar refractivity (Wildman–Crippen MR) is 84.1 cm³/mol. The van der Waals surface area contributed by atoms with Crippen LogP contribution in [0, 0.1) is 0 Å². The van der Waals surface area contributed by atoms with Gasteiger partial charge in [0.1, 0.15) is 16.8 Å². The van der Waals surface area contributed by atoms with Crippen molar-refractivity contribution in [2.24, 2.45) is 0 Å². The molecule has 0 aliphatic rings. The number of amides is 1. The number of alkyl carbamates (subject to hydrolysis) is 1. The van der Waals surface area contributed by atoms with E-state index in [4.69, 9.17) is 4.74 Å². The number of benzene rings is 1. The highest BCUT2D eigenvalue weighted by Gasteiger charge is 2.33. The number of rotatable bonds is 4. The molecule has 1 unspecified atom stereocenters. The number of nitrogens with zero attached hydrogens (tertiary/aromatic N) is 3. The van der Waals surface area contributed by atoms with Crippen LogP contribution in [-0.4, -0.2) is 33.0 Å². The summed E-state index contributed by atoms with van der Waals surface area (Å²) in [6.45, 7) is 6.78. The van der Waals surface area contributed by atoms with E-state index in [-0.39, 0.29) is 0 Å². The van der Waals surface area contributed by atoms with Crippen molar-refractivity contribution in [1.29, 1.82) is 0 Å². The Bertz CT molecular complexity index is 691. The van der Waals surface area contributed by atoms with Crippen LogP contribution in [0.2, 0.25) is 0 Å². The molecule has 0 saturated heterocycles. The molecule has 0 saturated carbocycles. The maximum absolute atomic E-state index is 11.9. The second-order valence-electron chi connectivity index (χ2n) is 6.33. The predicted octanol–water partition coefficient (Wildman–Crippen LogP) is 2.21. The van der Waals surface area contributed by atoms with Gasteiger partial charge in [-0.05, 0) is 39.8 Å². The van der Waals surface area contributed by atoms with Crippen LogP contribution in [0.15, 0.2) is 36.5 Å². The summed E-state index contributed by atoms with van der Waals surface area (Å²) in [4.78, 5) is 23.5. The molecule has 0 fully saturated rings. The molecule has 1 N–H and O–H groups in total. The van der Waals surface area contributed by atoms with E-state index in [1.54, 1.807) is 33.9 Å². The summed E-state index contributed by atoms with van der Waals surface area (Å²) in [6, 6.07) is 9.35. The van der Waals surface area contributed by atoms with Gasteiger partial charge in [0, 0.05) is 0 Å². The summed E-state index contributed by atoms with van der Waals surface area (Å²) in [6.07, 6.45) is 1.51. The molecule has 2 rings (SSSR count). The van der Waals surface area contributed by atoms with Gasteiger partial charge >= 0.3 is 6.09 Å². The molecule has 0 aliphatic heterocycles. The molecule has 23 heavy (non-hydrogen) atoms. The van der Waals surface area contributed by atoms with E-state index in [9.17, 15) is 9.59 Å². The Morgan fingerprint density at radius 1 is 1.22 bits per heavy atom. The number of carbonyl (C=O) groups is 2. The second-order valence-corrected chi connectivity index (χ2v) is 6.33. The monoisotopic (exact) mass is 316 g/mol. The zero-order chi connectivity index (χ0) is 17.1. The number of nitrogens with one attached hydrogen (secondary N) is 1. The molecule has 1 aromatic heterocycles. The molecule has 122 valence electrons. The third-order valence-corrected chi connectivity index (χ3v) is 3.04. The van der Waals surface area contributed by atoms with Gasteiger partial charge in [0.15, 0.2) is 6.29 Å². The molecule has 7 nitrogen and oxygen atoms in total. The molecule has 1 amide bonds. The minimum atomic E-state index is -1.32. The van der Waals surface area contributed by atoms with Gasteiger partial charge in [-0.25, -0.2) is 9.48 Å². The van der Waals surface area contributed by atoms with Crippen molar-refractivity contribution in [3.63, 3.8) is 0 Å². The largest absolute Gasteiger partial charge is 0.444 e. The van der Waals surface area contributed by atoms with Crippen molar-refractivity contribution >= 4 is 12.4 Å². The summed E-state index contributed by atoms with van der Waals surface area (Å²) >= 11 is 0. The molecule has 1 aromatic carbocycles. The molecule has 7 heteroatoms. The first kappa shape index (κ1) is 16.7. The summed E-state index contributed by atoms with van der Waals surface area (Å²) in [5.41, 5.74) is -0.857. The first-order chi connectivity index (χ1) is 10.7. The first-order valence-corrected chi connectivity index (χ1v) is 7.19. The van der Waals surface area contributed by atoms with Crippen LogP contribution in [0.5, 0.6) is 0 Å². The van der Waals surface area contributed by atoms with E-state index in [2.05, 4.69) is 15.6 Å². The van der Waals surface area contributed by atoms with Crippen LogP contribution >= 0.6 is 0 Å². The van der Waals surface area contributed by atoms with E-state index in [0.717, 1.165) is 5.69 Å².